The van der Waals surface area contributed by atoms with Crippen LogP contribution in [0.5, 0.6) is 0 Å². The lowest BCUT2D eigenvalue weighted by Gasteiger charge is -2.14. The summed E-state index contributed by atoms with van der Waals surface area (Å²) in [6, 6.07) is 14.1. The molecule has 4 amide bonds. The van der Waals surface area contributed by atoms with Gasteiger partial charge < -0.3 is 16.0 Å². The Labute approximate surface area is 157 Å². The average Bonchev–Trinajstić information content (AvgIpc) is 3.12. The van der Waals surface area contributed by atoms with E-state index >= 15 is 0 Å². The summed E-state index contributed by atoms with van der Waals surface area (Å²) in [4.78, 5) is 37.6. The first-order valence-electron chi connectivity index (χ1n) is 8.90. The fourth-order valence-corrected chi connectivity index (χ4v) is 2.92. The molecule has 1 heterocycles. The topological polar surface area (TPSA) is 90.5 Å². The highest BCUT2D eigenvalue weighted by molar-refractivity contribution is 6.00. The van der Waals surface area contributed by atoms with Gasteiger partial charge in [0.1, 0.15) is 0 Å². The lowest BCUT2D eigenvalue weighted by atomic mass is 10.1. The third kappa shape index (κ3) is 4.44. The summed E-state index contributed by atoms with van der Waals surface area (Å²) in [5.74, 6) is -0.624. The summed E-state index contributed by atoms with van der Waals surface area (Å²) in [6.07, 6.45) is 0.810. The van der Waals surface area contributed by atoms with Crippen LogP contribution in [0.4, 0.5) is 16.2 Å². The Morgan fingerprint density at radius 2 is 1.85 bits per heavy atom. The average molecular weight is 366 g/mol. The molecule has 0 unspecified atom stereocenters. The smallest absolute Gasteiger partial charge is 0.321 e. The van der Waals surface area contributed by atoms with Crippen LogP contribution < -0.4 is 20.9 Å². The second kappa shape index (κ2) is 8.35. The van der Waals surface area contributed by atoms with Gasteiger partial charge in [-0.3, -0.25) is 14.5 Å². The van der Waals surface area contributed by atoms with E-state index in [0.29, 0.717) is 18.7 Å². The van der Waals surface area contributed by atoms with E-state index in [1.807, 2.05) is 31.2 Å². The standard InChI is InChI=1S/C20H22N4O3/c1-2-14-5-3-4-6-17(14)23-18(25)13-22-19(26)15-7-9-16(10-8-15)24-12-11-21-20(24)27/h3-10H,2,11-13H2,1H3,(H,21,27)(H,22,26)(H,23,25). The fourth-order valence-electron chi connectivity index (χ4n) is 2.92. The molecule has 3 N–H and O–H groups in total. The minimum atomic E-state index is -0.341. The lowest BCUT2D eigenvalue weighted by molar-refractivity contribution is -0.115. The van der Waals surface area contributed by atoms with Crippen LogP contribution in [-0.4, -0.2) is 37.5 Å². The van der Waals surface area contributed by atoms with Crippen molar-refractivity contribution in [3.8, 4) is 0 Å². The van der Waals surface area contributed by atoms with E-state index in [0.717, 1.165) is 23.4 Å². The second-order valence-corrected chi connectivity index (χ2v) is 6.17. The van der Waals surface area contributed by atoms with Gasteiger partial charge in [0.05, 0.1) is 6.54 Å². The molecule has 0 atom stereocenters. The van der Waals surface area contributed by atoms with E-state index < -0.39 is 0 Å². The van der Waals surface area contributed by atoms with Crippen molar-refractivity contribution < 1.29 is 14.4 Å². The zero-order valence-corrected chi connectivity index (χ0v) is 15.1. The van der Waals surface area contributed by atoms with Crippen LogP contribution in [-0.2, 0) is 11.2 Å². The Balaban J connectivity index is 1.54. The molecule has 0 radical (unpaired) electrons. The van der Waals surface area contributed by atoms with E-state index in [9.17, 15) is 14.4 Å². The van der Waals surface area contributed by atoms with E-state index in [-0.39, 0.29) is 24.4 Å². The quantitative estimate of drug-likeness (QED) is 0.732. The van der Waals surface area contributed by atoms with Gasteiger partial charge >= 0.3 is 6.03 Å². The van der Waals surface area contributed by atoms with Gasteiger partial charge in [0, 0.05) is 30.0 Å². The van der Waals surface area contributed by atoms with Crippen molar-refractivity contribution in [3.63, 3.8) is 0 Å². The number of hydrogen-bond donors (Lipinski definition) is 3. The van der Waals surface area contributed by atoms with E-state index in [1.165, 1.54) is 0 Å². The van der Waals surface area contributed by atoms with Gasteiger partial charge in [-0.05, 0) is 42.3 Å². The summed E-state index contributed by atoms with van der Waals surface area (Å²) in [6.45, 7) is 3.11. The minimum absolute atomic E-state index is 0.118. The van der Waals surface area contributed by atoms with Gasteiger partial charge in [-0.2, -0.15) is 0 Å². The first kappa shape index (κ1) is 18.4. The number of para-hydroxylation sites is 1. The number of amides is 4. The van der Waals surface area contributed by atoms with Gasteiger partial charge in [-0.15, -0.1) is 0 Å². The lowest BCUT2D eigenvalue weighted by Crippen LogP contribution is -2.33. The van der Waals surface area contributed by atoms with Crippen molar-refractivity contribution >= 4 is 29.2 Å². The molecule has 3 rings (SSSR count). The highest BCUT2D eigenvalue weighted by Crippen LogP contribution is 2.17. The number of aryl methyl sites for hydroxylation is 1. The van der Waals surface area contributed by atoms with Crippen LogP contribution in [0.1, 0.15) is 22.8 Å². The maximum atomic E-state index is 12.2. The largest absolute Gasteiger partial charge is 0.343 e. The number of carbonyl (C=O) groups excluding carboxylic acids is 3. The third-order valence-electron chi connectivity index (χ3n) is 4.38. The molecule has 0 aliphatic carbocycles. The maximum absolute atomic E-state index is 12.2. The molecule has 1 fully saturated rings. The number of carbonyl (C=O) groups is 3. The van der Waals surface area contributed by atoms with Gasteiger partial charge in [0.25, 0.3) is 5.91 Å². The SMILES string of the molecule is CCc1ccccc1NC(=O)CNC(=O)c1ccc(N2CCNC2=O)cc1. The zero-order chi connectivity index (χ0) is 19.2. The molecule has 1 saturated heterocycles. The molecule has 7 heteroatoms. The van der Waals surface area contributed by atoms with Crippen LogP contribution in [0.3, 0.4) is 0 Å². The van der Waals surface area contributed by atoms with Crippen LogP contribution in [0.2, 0.25) is 0 Å². The molecule has 0 saturated carbocycles. The maximum Gasteiger partial charge on any atom is 0.321 e. The summed E-state index contributed by atoms with van der Waals surface area (Å²) in [7, 11) is 0. The van der Waals surface area contributed by atoms with Gasteiger partial charge in [0.15, 0.2) is 0 Å². The highest BCUT2D eigenvalue weighted by Gasteiger charge is 2.21. The summed E-state index contributed by atoms with van der Waals surface area (Å²) < 4.78 is 0. The van der Waals surface area contributed by atoms with Gasteiger partial charge in [-0.1, -0.05) is 25.1 Å². The van der Waals surface area contributed by atoms with Gasteiger partial charge in [0.2, 0.25) is 5.91 Å². The Kier molecular flexibility index (Phi) is 5.71. The van der Waals surface area contributed by atoms with E-state index in [2.05, 4.69) is 16.0 Å². The van der Waals surface area contributed by atoms with Crippen molar-refractivity contribution in [2.24, 2.45) is 0 Å². The van der Waals surface area contributed by atoms with Crippen molar-refractivity contribution in [1.29, 1.82) is 0 Å². The number of anilines is 2. The van der Waals surface area contributed by atoms with Crippen LogP contribution in [0.15, 0.2) is 48.5 Å². The fraction of sp³-hybridized carbons (Fsp3) is 0.250. The molecule has 0 aromatic heterocycles. The van der Waals surface area contributed by atoms with E-state index in [4.69, 9.17) is 0 Å². The van der Waals surface area contributed by atoms with Crippen molar-refractivity contribution in [2.75, 3.05) is 29.9 Å². The molecule has 1 aliphatic heterocycles. The first-order chi connectivity index (χ1) is 13.1. The number of rotatable bonds is 6. The first-order valence-corrected chi connectivity index (χ1v) is 8.90. The molecule has 7 nitrogen and oxygen atoms in total. The number of nitrogens with zero attached hydrogens (tertiary/aromatic N) is 1. The zero-order valence-electron chi connectivity index (χ0n) is 15.1. The summed E-state index contributed by atoms with van der Waals surface area (Å²) in [5.41, 5.74) is 2.96. The predicted molar refractivity (Wildman–Crippen MR) is 104 cm³/mol. The molecular weight excluding hydrogens is 344 g/mol. The number of benzene rings is 2. The molecule has 2 aromatic rings. The molecule has 1 aliphatic rings. The highest BCUT2D eigenvalue weighted by atomic mass is 16.2. The number of hydrogen-bond acceptors (Lipinski definition) is 3. The minimum Gasteiger partial charge on any atom is -0.343 e. The normalized spacial score (nSPS) is 13.2. The molecule has 0 spiro atoms. The predicted octanol–water partition coefficient (Wildman–Crippen LogP) is 2.15. The molecular formula is C20H22N4O3. The Morgan fingerprint density at radius 1 is 1.11 bits per heavy atom. The van der Waals surface area contributed by atoms with Gasteiger partial charge in [-0.25, -0.2) is 4.79 Å². The van der Waals surface area contributed by atoms with Crippen molar-refractivity contribution in [3.05, 3.63) is 59.7 Å². The van der Waals surface area contributed by atoms with Crippen LogP contribution >= 0.6 is 0 Å². The number of nitrogens with one attached hydrogen (secondary N) is 3. The van der Waals surface area contributed by atoms with Crippen LogP contribution in [0, 0.1) is 0 Å². The third-order valence-corrected chi connectivity index (χ3v) is 4.38. The monoisotopic (exact) mass is 366 g/mol. The summed E-state index contributed by atoms with van der Waals surface area (Å²) in [5, 5.41) is 8.15. The molecule has 2 aromatic carbocycles. The van der Waals surface area contributed by atoms with E-state index in [1.54, 1.807) is 29.2 Å². The van der Waals surface area contributed by atoms with Crippen LogP contribution in [0.25, 0.3) is 0 Å². The second-order valence-electron chi connectivity index (χ2n) is 6.17. The Hall–Kier alpha value is -3.35. The van der Waals surface area contributed by atoms with Crippen molar-refractivity contribution in [1.82, 2.24) is 10.6 Å². The Bertz CT molecular complexity index is 849. The van der Waals surface area contributed by atoms with Crippen molar-refractivity contribution in [2.45, 2.75) is 13.3 Å². The molecule has 140 valence electrons. The number of urea groups is 1. The molecule has 27 heavy (non-hydrogen) atoms. The summed E-state index contributed by atoms with van der Waals surface area (Å²) >= 11 is 0. The molecule has 0 bridgehead atoms. The Morgan fingerprint density at radius 3 is 2.52 bits per heavy atom.